The minimum Gasteiger partial charge on any atom is -0.494 e. The smallest absolute Gasteiger partial charge is 0.338 e. The summed E-state index contributed by atoms with van der Waals surface area (Å²) >= 11 is 0. The van der Waals surface area contributed by atoms with Crippen LogP contribution in [-0.4, -0.2) is 37.8 Å². The van der Waals surface area contributed by atoms with Crippen LogP contribution < -0.4 is 9.64 Å². The Hall–Kier alpha value is -2.56. The summed E-state index contributed by atoms with van der Waals surface area (Å²) in [4.78, 5) is 18.7. The van der Waals surface area contributed by atoms with Gasteiger partial charge in [0.15, 0.2) is 0 Å². The first-order valence-corrected chi connectivity index (χ1v) is 10.6. The third-order valence-corrected chi connectivity index (χ3v) is 5.78. The van der Waals surface area contributed by atoms with E-state index in [1.54, 1.807) is 6.07 Å². The third kappa shape index (κ3) is 5.72. The van der Waals surface area contributed by atoms with Gasteiger partial charge in [-0.3, -0.25) is 0 Å². The highest BCUT2D eigenvalue weighted by molar-refractivity contribution is 5.91. The summed E-state index contributed by atoms with van der Waals surface area (Å²) in [6.07, 6.45) is 7.69. The maximum Gasteiger partial charge on any atom is 0.338 e. The molecule has 156 valence electrons. The average molecular weight is 397 g/mol. The fourth-order valence-corrected chi connectivity index (χ4v) is 3.89. The van der Waals surface area contributed by atoms with E-state index < -0.39 is 0 Å². The fraction of sp³-hybridized carbons (Fsp3) is 0.500. The van der Waals surface area contributed by atoms with Crippen LogP contribution in [0, 0.1) is 12.8 Å². The van der Waals surface area contributed by atoms with Crippen LogP contribution in [-0.2, 0) is 11.2 Å². The molecule has 0 radical (unpaired) electrons. The number of benzene rings is 1. The number of aromatic nitrogens is 1. The van der Waals surface area contributed by atoms with Crippen molar-refractivity contribution in [1.29, 1.82) is 0 Å². The van der Waals surface area contributed by atoms with Crippen molar-refractivity contribution in [2.24, 2.45) is 5.92 Å². The van der Waals surface area contributed by atoms with Crippen LogP contribution in [0.25, 0.3) is 0 Å². The van der Waals surface area contributed by atoms with Crippen LogP contribution in [0.15, 0.2) is 36.5 Å². The molecular weight excluding hydrogens is 364 g/mol. The van der Waals surface area contributed by atoms with Gasteiger partial charge in [-0.1, -0.05) is 13.0 Å². The Labute approximate surface area is 174 Å². The number of carbonyl (C=O) groups is 1. The largest absolute Gasteiger partial charge is 0.494 e. The molecule has 2 aromatic rings. The Morgan fingerprint density at radius 3 is 2.62 bits per heavy atom. The number of hydrogen-bond donors (Lipinski definition) is 0. The number of aryl methyl sites for hydroxylation is 2. The van der Waals surface area contributed by atoms with E-state index >= 15 is 0 Å². The molecule has 1 aromatic carbocycles. The van der Waals surface area contributed by atoms with E-state index in [0.717, 1.165) is 49.0 Å². The standard InChI is InChI=1S/C24H32N2O3/c1-4-19-7-10-23(25-17-19)26-13-11-20(12-14-26)6-5-15-29-21-8-9-22(18(2)16-21)24(27)28-3/h7-10,16-17,20H,4-6,11-15H2,1-3H3. The number of piperidine rings is 1. The Kier molecular flexibility index (Phi) is 7.50. The number of rotatable bonds is 8. The van der Waals surface area contributed by atoms with Crippen LogP contribution in [0.1, 0.15) is 54.1 Å². The van der Waals surface area contributed by atoms with Crippen LogP contribution in [0.5, 0.6) is 5.75 Å². The summed E-state index contributed by atoms with van der Waals surface area (Å²) in [7, 11) is 1.40. The summed E-state index contributed by atoms with van der Waals surface area (Å²) in [5.41, 5.74) is 2.76. The molecule has 1 aliphatic heterocycles. The first-order chi connectivity index (χ1) is 14.1. The molecule has 0 bridgehead atoms. The Morgan fingerprint density at radius 2 is 2.00 bits per heavy atom. The molecule has 1 aromatic heterocycles. The summed E-state index contributed by atoms with van der Waals surface area (Å²) in [5.74, 6) is 2.37. The van der Waals surface area contributed by atoms with E-state index in [1.807, 2.05) is 25.3 Å². The lowest BCUT2D eigenvalue weighted by molar-refractivity contribution is 0.0600. The van der Waals surface area contributed by atoms with Crippen molar-refractivity contribution >= 4 is 11.8 Å². The molecule has 3 rings (SSSR count). The molecule has 0 aliphatic carbocycles. The molecule has 29 heavy (non-hydrogen) atoms. The maximum absolute atomic E-state index is 11.7. The average Bonchev–Trinajstić information content (AvgIpc) is 2.77. The van der Waals surface area contributed by atoms with Crippen LogP contribution in [0.2, 0.25) is 0 Å². The number of methoxy groups -OCH3 is 1. The number of nitrogens with zero attached hydrogens (tertiary/aromatic N) is 2. The first kappa shape index (κ1) is 21.2. The van der Waals surface area contributed by atoms with E-state index in [1.165, 1.54) is 31.9 Å². The second-order valence-corrected chi connectivity index (χ2v) is 7.77. The van der Waals surface area contributed by atoms with Gasteiger partial charge < -0.3 is 14.4 Å². The molecule has 1 aliphatic rings. The van der Waals surface area contributed by atoms with Crippen molar-refractivity contribution in [2.75, 3.05) is 31.7 Å². The van der Waals surface area contributed by atoms with Gasteiger partial charge in [-0.15, -0.1) is 0 Å². The monoisotopic (exact) mass is 396 g/mol. The van der Waals surface area contributed by atoms with E-state index in [9.17, 15) is 4.79 Å². The Bertz CT molecular complexity index is 796. The number of pyridine rings is 1. The SMILES string of the molecule is CCc1ccc(N2CCC(CCCOc3ccc(C(=O)OC)c(C)c3)CC2)nc1. The van der Waals surface area contributed by atoms with Crippen molar-refractivity contribution < 1.29 is 14.3 Å². The van der Waals surface area contributed by atoms with Gasteiger partial charge in [0, 0.05) is 19.3 Å². The summed E-state index contributed by atoms with van der Waals surface area (Å²) < 4.78 is 10.7. The minimum atomic E-state index is -0.308. The quantitative estimate of drug-likeness (QED) is 0.473. The van der Waals surface area contributed by atoms with Crippen molar-refractivity contribution in [3.8, 4) is 5.75 Å². The number of hydrogen-bond acceptors (Lipinski definition) is 5. The summed E-state index contributed by atoms with van der Waals surface area (Å²) in [5, 5.41) is 0. The van der Waals surface area contributed by atoms with E-state index in [2.05, 4.69) is 28.9 Å². The molecule has 0 N–H and O–H groups in total. The Balaban J connectivity index is 1.37. The molecule has 0 amide bonds. The number of esters is 1. The van der Waals surface area contributed by atoms with Gasteiger partial charge in [0.25, 0.3) is 0 Å². The summed E-state index contributed by atoms with van der Waals surface area (Å²) in [6.45, 7) is 6.93. The van der Waals surface area contributed by atoms with E-state index in [0.29, 0.717) is 12.2 Å². The molecule has 0 unspecified atom stereocenters. The normalized spacial score (nSPS) is 14.7. The topological polar surface area (TPSA) is 51.7 Å². The molecule has 0 atom stereocenters. The molecule has 5 heteroatoms. The second-order valence-electron chi connectivity index (χ2n) is 7.77. The van der Waals surface area contributed by atoms with Crippen LogP contribution in [0.4, 0.5) is 5.82 Å². The predicted molar refractivity (Wildman–Crippen MR) is 116 cm³/mol. The van der Waals surface area contributed by atoms with Crippen molar-refractivity contribution in [3.63, 3.8) is 0 Å². The summed E-state index contributed by atoms with van der Waals surface area (Å²) in [6, 6.07) is 9.86. The van der Waals surface area contributed by atoms with Crippen LogP contribution in [0.3, 0.4) is 0 Å². The van der Waals surface area contributed by atoms with Crippen molar-refractivity contribution in [1.82, 2.24) is 4.98 Å². The van der Waals surface area contributed by atoms with Crippen LogP contribution >= 0.6 is 0 Å². The van der Waals surface area contributed by atoms with Crippen molar-refractivity contribution in [3.05, 3.63) is 53.2 Å². The molecule has 0 saturated carbocycles. The van der Waals surface area contributed by atoms with Gasteiger partial charge in [0.05, 0.1) is 19.3 Å². The zero-order valence-electron chi connectivity index (χ0n) is 17.8. The number of carbonyl (C=O) groups excluding carboxylic acids is 1. The highest BCUT2D eigenvalue weighted by Gasteiger charge is 2.20. The highest BCUT2D eigenvalue weighted by atomic mass is 16.5. The highest BCUT2D eigenvalue weighted by Crippen LogP contribution is 2.25. The minimum absolute atomic E-state index is 0.308. The Morgan fingerprint density at radius 1 is 1.21 bits per heavy atom. The van der Waals surface area contributed by atoms with Gasteiger partial charge in [0.2, 0.25) is 0 Å². The van der Waals surface area contributed by atoms with E-state index in [-0.39, 0.29) is 5.97 Å². The maximum atomic E-state index is 11.7. The zero-order valence-corrected chi connectivity index (χ0v) is 17.8. The lowest BCUT2D eigenvalue weighted by Gasteiger charge is -2.33. The third-order valence-electron chi connectivity index (χ3n) is 5.78. The van der Waals surface area contributed by atoms with Gasteiger partial charge in [-0.25, -0.2) is 9.78 Å². The van der Waals surface area contributed by atoms with E-state index in [4.69, 9.17) is 9.47 Å². The number of ether oxygens (including phenoxy) is 2. The van der Waals surface area contributed by atoms with Gasteiger partial charge >= 0.3 is 5.97 Å². The van der Waals surface area contributed by atoms with Gasteiger partial charge in [-0.2, -0.15) is 0 Å². The fourth-order valence-electron chi connectivity index (χ4n) is 3.89. The second kappa shape index (κ2) is 10.3. The van der Waals surface area contributed by atoms with Crippen molar-refractivity contribution in [2.45, 2.75) is 46.0 Å². The molecule has 0 spiro atoms. The molecule has 1 fully saturated rings. The van der Waals surface area contributed by atoms with Gasteiger partial charge in [-0.05, 0) is 80.3 Å². The van der Waals surface area contributed by atoms with Gasteiger partial charge in [0.1, 0.15) is 11.6 Å². The molecule has 1 saturated heterocycles. The lowest BCUT2D eigenvalue weighted by atomic mass is 9.92. The zero-order chi connectivity index (χ0) is 20.6. The predicted octanol–water partition coefficient (Wildman–Crippen LogP) is 4.81. The first-order valence-electron chi connectivity index (χ1n) is 10.6. The molecule has 2 heterocycles. The number of anilines is 1. The molecule has 5 nitrogen and oxygen atoms in total. The molecular formula is C24H32N2O3. The lowest BCUT2D eigenvalue weighted by Crippen LogP contribution is -2.34.